The summed E-state index contributed by atoms with van der Waals surface area (Å²) >= 11 is 6.02. The normalized spacial score (nSPS) is 15.0. The highest BCUT2D eigenvalue weighted by atomic mass is 35.5. The van der Waals surface area contributed by atoms with E-state index in [9.17, 15) is 4.79 Å². The molecule has 2 aromatic rings. The number of rotatable bonds is 4. The van der Waals surface area contributed by atoms with Crippen molar-refractivity contribution < 1.29 is 9.53 Å². The van der Waals surface area contributed by atoms with E-state index >= 15 is 0 Å². The lowest BCUT2D eigenvalue weighted by Gasteiger charge is -2.34. The molecule has 1 aliphatic heterocycles. The summed E-state index contributed by atoms with van der Waals surface area (Å²) in [5.41, 5.74) is 3.42. The van der Waals surface area contributed by atoms with Crippen LogP contribution in [0.1, 0.15) is 15.9 Å². The van der Waals surface area contributed by atoms with Gasteiger partial charge in [-0.05, 0) is 55.9 Å². The lowest BCUT2D eigenvalue weighted by molar-refractivity contribution is 0.102. The molecule has 138 valence electrons. The van der Waals surface area contributed by atoms with Crippen LogP contribution >= 0.6 is 11.6 Å². The molecule has 0 aliphatic carbocycles. The molecular weight excluding hydrogens is 350 g/mol. The molecule has 0 saturated carbocycles. The van der Waals surface area contributed by atoms with Crippen LogP contribution in [0.3, 0.4) is 0 Å². The van der Waals surface area contributed by atoms with Crippen LogP contribution in [0.4, 0.5) is 11.4 Å². The monoisotopic (exact) mass is 373 g/mol. The fourth-order valence-corrected chi connectivity index (χ4v) is 3.27. The Kier molecular flexibility index (Phi) is 5.69. The third kappa shape index (κ3) is 4.11. The van der Waals surface area contributed by atoms with Gasteiger partial charge in [0.1, 0.15) is 5.75 Å². The highest BCUT2D eigenvalue weighted by Gasteiger charge is 2.17. The largest absolute Gasteiger partial charge is 0.496 e. The minimum atomic E-state index is -0.236. The summed E-state index contributed by atoms with van der Waals surface area (Å²) in [6.07, 6.45) is 0. The molecule has 6 heteroatoms. The predicted octanol–water partition coefficient (Wildman–Crippen LogP) is 3.66. The quantitative estimate of drug-likeness (QED) is 0.888. The van der Waals surface area contributed by atoms with Gasteiger partial charge in [0, 0.05) is 42.6 Å². The van der Waals surface area contributed by atoms with Gasteiger partial charge in [-0.2, -0.15) is 0 Å². The number of benzene rings is 2. The maximum atomic E-state index is 12.7. The molecule has 0 bridgehead atoms. The first-order chi connectivity index (χ1) is 12.5. The van der Waals surface area contributed by atoms with Crippen molar-refractivity contribution in [2.75, 3.05) is 50.6 Å². The second kappa shape index (κ2) is 7.98. The van der Waals surface area contributed by atoms with Crippen molar-refractivity contribution in [3.8, 4) is 5.75 Å². The van der Waals surface area contributed by atoms with Gasteiger partial charge in [-0.25, -0.2) is 0 Å². The molecule has 0 atom stereocenters. The number of nitrogens with zero attached hydrogens (tertiary/aromatic N) is 2. The number of hydrogen-bond acceptors (Lipinski definition) is 4. The van der Waals surface area contributed by atoms with Gasteiger partial charge in [0.15, 0.2) is 0 Å². The van der Waals surface area contributed by atoms with E-state index in [1.165, 1.54) is 12.8 Å². The molecular formula is C20H24ClN3O2. The molecule has 2 aromatic carbocycles. The molecule has 1 amide bonds. The number of likely N-dealkylation sites (N-methyl/N-ethyl adjacent to an activating group) is 1. The van der Waals surface area contributed by atoms with Gasteiger partial charge < -0.3 is 19.9 Å². The molecule has 1 fully saturated rings. The van der Waals surface area contributed by atoms with Crippen molar-refractivity contribution >= 4 is 28.9 Å². The molecule has 0 unspecified atom stereocenters. The van der Waals surface area contributed by atoms with Gasteiger partial charge in [-0.15, -0.1) is 0 Å². The van der Waals surface area contributed by atoms with Gasteiger partial charge in [-0.1, -0.05) is 11.6 Å². The van der Waals surface area contributed by atoms with E-state index in [2.05, 4.69) is 34.3 Å². The zero-order valence-corrected chi connectivity index (χ0v) is 16.1. The van der Waals surface area contributed by atoms with Gasteiger partial charge in [0.25, 0.3) is 5.91 Å². The summed E-state index contributed by atoms with van der Waals surface area (Å²) in [6, 6.07) is 11.1. The van der Waals surface area contributed by atoms with Crippen LogP contribution in [0.2, 0.25) is 5.02 Å². The number of piperazine rings is 1. The molecule has 1 heterocycles. The van der Waals surface area contributed by atoms with Gasteiger partial charge >= 0.3 is 0 Å². The summed E-state index contributed by atoms with van der Waals surface area (Å²) in [6.45, 7) is 6.16. The van der Waals surface area contributed by atoms with Crippen molar-refractivity contribution in [2.45, 2.75) is 6.92 Å². The second-order valence-corrected chi connectivity index (χ2v) is 7.02. The predicted molar refractivity (Wildman–Crippen MR) is 107 cm³/mol. The highest BCUT2D eigenvalue weighted by Crippen LogP contribution is 2.27. The van der Waals surface area contributed by atoms with E-state index in [1.54, 1.807) is 18.2 Å². The molecule has 1 N–H and O–H groups in total. The standard InChI is InChI=1S/C20H24ClN3O2/c1-14-12-16(24-10-8-23(2)9-11-24)5-6-18(14)22-20(25)17-13-15(21)4-7-19(17)26-3/h4-7,12-13H,8-11H2,1-3H3,(H,22,25). The van der Waals surface area contributed by atoms with Crippen LogP contribution in [-0.2, 0) is 0 Å². The van der Waals surface area contributed by atoms with Crippen molar-refractivity contribution in [2.24, 2.45) is 0 Å². The van der Waals surface area contributed by atoms with Crippen LogP contribution in [0.15, 0.2) is 36.4 Å². The van der Waals surface area contributed by atoms with Crippen molar-refractivity contribution in [1.29, 1.82) is 0 Å². The Bertz CT molecular complexity index is 802. The zero-order chi connectivity index (χ0) is 18.7. The molecule has 0 spiro atoms. The van der Waals surface area contributed by atoms with Gasteiger partial charge in [0.2, 0.25) is 0 Å². The maximum Gasteiger partial charge on any atom is 0.259 e. The molecule has 26 heavy (non-hydrogen) atoms. The van der Waals surface area contributed by atoms with Crippen LogP contribution < -0.4 is 15.0 Å². The van der Waals surface area contributed by atoms with Gasteiger partial charge in [-0.3, -0.25) is 4.79 Å². The number of hydrogen-bond donors (Lipinski definition) is 1. The first kappa shape index (κ1) is 18.5. The Balaban J connectivity index is 1.76. The van der Waals surface area contributed by atoms with Crippen molar-refractivity contribution in [1.82, 2.24) is 4.90 Å². The highest BCUT2D eigenvalue weighted by molar-refractivity contribution is 6.31. The van der Waals surface area contributed by atoms with E-state index in [1.807, 2.05) is 13.0 Å². The summed E-state index contributed by atoms with van der Waals surface area (Å²) in [5.74, 6) is 0.262. The Morgan fingerprint density at radius 1 is 1.12 bits per heavy atom. The van der Waals surface area contributed by atoms with Crippen molar-refractivity contribution in [3.05, 3.63) is 52.5 Å². The second-order valence-electron chi connectivity index (χ2n) is 6.59. The molecule has 1 saturated heterocycles. The molecule has 5 nitrogen and oxygen atoms in total. The first-order valence-electron chi connectivity index (χ1n) is 8.67. The average molecular weight is 374 g/mol. The van der Waals surface area contributed by atoms with Crippen LogP contribution in [0.25, 0.3) is 0 Å². The van der Waals surface area contributed by atoms with E-state index in [0.717, 1.165) is 37.4 Å². The number of anilines is 2. The fourth-order valence-electron chi connectivity index (χ4n) is 3.10. The summed E-state index contributed by atoms with van der Waals surface area (Å²) < 4.78 is 5.27. The van der Waals surface area contributed by atoms with Crippen molar-refractivity contribution in [3.63, 3.8) is 0 Å². The number of nitrogens with one attached hydrogen (secondary N) is 1. The maximum absolute atomic E-state index is 12.7. The molecule has 0 radical (unpaired) electrons. The third-order valence-corrected chi connectivity index (χ3v) is 4.97. The van der Waals surface area contributed by atoms with Crippen LogP contribution in [0.5, 0.6) is 5.75 Å². The van der Waals surface area contributed by atoms with E-state index in [-0.39, 0.29) is 5.91 Å². The third-order valence-electron chi connectivity index (χ3n) is 4.73. The smallest absolute Gasteiger partial charge is 0.259 e. The SMILES string of the molecule is COc1ccc(Cl)cc1C(=O)Nc1ccc(N2CCN(C)CC2)cc1C. The van der Waals surface area contributed by atoms with E-state index in [0.29, 0.717) is 16.3 Å². The lowest BCUT2D eigenvalue weighted by atomic mass is 10.1. The summed E-state index contributed by atoms with van der Waals surface area (Å²) in [7, 11) is 3.68. The van der Waals surface area contributed by atoms with E-state index < -0.39 is 0 Å². The van der Waals surface area contributed by atoms with E-state index in [4.69, 9.17) is 16.3 Å². The minimum Gasteiger partial charge on any atom is -0.496 e. The number of aryl methyl sites for hydroxylation is 1. The summed E-state index contributed by atoms with van der Waals surface area (Å²) in [5, 5.41) is 3.46. The lowest BCUT2D eigenvalue weighted by Crippen LogP contribution is -2.44. The number of carbonyl (C=O) groups is 1. The number of carbonyl (C=O) groups excluding carboxylic acids is 1. The Hall–Kier alpha value is -2.24. The minimum absolute atomic E-state index is 0.236. The number of amides is 1. The fraction of sp³-hybridized carbons (Fsp3) is 0.350. The molecule has 0 aromatic heterocycles. The number of halogens is 1. The zero-order valence-electron chi connectivity index (χ0n) is 15.4. The number of ether oxygens (including phenoxy) is 1. The first-order valence-corrected chi connectivity index (χ1v) is 9.05. The molecule has 1 aliphatic rings. The van der Waals surface area contributed by atoms with Crippen LogP contribution in [-0.4, -0.2) is 51.1 Å². The Labute approximate surface area is 159 Å². The Morgan fingerprint density at radius 3 is 2.50 bits per heavy atom. The summed E-state index contributed by atoms with van der Waals surface area (Å²) in [4.78, 5) is 17.4. The molecule has 3 rings (SSSR count). The average Bonchev–Trinajstić information content (AvgIpc) is 2.64. The number of methoxy groups -OCH3 is 1. The Morgan fingerprint density at radius 2 is 1.85 bits per heavy atom. The topological polar surface area (TPSA) is 44.8 Å². The van der Waals surface area contributed by atoms with Gasteiger partial charge in [0.05, 0.1) is 12.7 Å². The van der Waals surface area contributed by atoms with Crippen LogP contribution in [0, 0.1) is 6.92 Å².